The number of nitrogens with zero attached hydrogens (tertiary/aromatic N) is 3. The van der Waals surface area contributed by atoms with Crippen LogP contribution >= 0.6 is 11.3 Å². The van der Waals surface area contributed by atoms with Gasteiger partial charge in [-0.15, -0.1) is 11.3 Å². The maximum atomic E-state index is 10.5. The van der Waals surface area contributed by atoms with Crippen molar-refractivity contribution in [2.45, 2.75) is 13.8 Å². The van der Waals surface area contributed by atoms with E-state index in [0.29, 0.717) is 10.9 Å². The van der Waals surface area contributed by atoms with Gasteiger partial charge in [-0.05, 0) is 19.9 Å². The molecule has 8 heteroatoms. The van der Waals surface area contributed by atoms with Gasteiger partial charge < -0.3 is 4.42 Å². The summed E-state index contributed by atoms with van der Waals surface area (Å²) in [5, 5.41) is 15.2. The van der Waals surface area contributed by atoms with Crippen molar-refractivity contribution in [1.29, 1.82) is 0 Å². The molecule has 0 fully saturated rings. The van der Waals surface area contributed by atoms with Gasteiger partial charge in [0.2, 0.25) is 5.13 Å². The quantitative estimate of drug-likeness (QED) is 0.422. The van der Waals surface area contributed by atoms with Crippen LogP contribution in [-0.4, -0.2) is 16.1 Å². The molecule has 2 aromatic heterocycles. The van der Waals surface area contributed by atoms with Gasteiger partial charge in [0.15, 0.2) is 5.76 Å². The van der Waals surface area contributed by atoms with E-state index in [1.165, 1.54) is 35.2 Å². The van der Waals surface area contributed by atoms with Gasteiger partial charge in [-0.1, -0.05) is 29.8 Å². The molecule has 0 atom stereocenters. The number of hydrogen-bond acceptors (Lipinski definition) is 7. The minimum absolute atomic E-state index is 0.293. The largest absolute Gasteiger partial charge is 0.433 e. The highest BCUT2D eigenvalue weighted by atomic mass is 32.1. The SMILES string of the molecule is Cc1ccc(-c2nc(N/N=C\c3ccc([N+](=O)[O-])o3)sc2C)cc1. The van der Waals surface area contributed by atoms with E-state index >= 15 is 0 Å². The average molecular weight is 342 g/mol. The molecule has 1 aromatic carbocycles. The monoisotopic (exact) mass is 342 g/mol. The fraction of sp³-hybridized carbons (Fsp3) is 0.125. The molecule has 3 rings (SSSR count). The standard InChI is InChI=1S/C16H14N4O3S/c1-10-3-5-12(6-4-10)15-11(2)24-16(18-15)19-17-9-13-7-8-14(23-13)20(21)22/h3-9H,1-2H3,(H,18,19)/b17-9-. The maximum Gasteiger partial charge on any atom is 0.433 e. The van der Waals surface area contributed by atoms with E-state index in [2.05, 4.69) is 15.5 Å². The zero-order valence-corrected chi connectivity index (χ0v) is 13.8. The molecule has 0 aliphatic carbocycles. The van der Waals surface area contributed by atoms with Gasteiger partial charge in [-0.2, -0.15) is 5.10 Å². The summed E-state index contributed by atoms with van der Waals surface area (Å²) >= 11 is 1.48. The number of aryl methyl sites for hydroxylation is 2. The summed E-state index contributed by atoms with van der Waals surface area (Å²) in [6.07, 6.45) is 1.37. The number of benzene rings is 1. The minimum atomic E-state index is -0.594. The third-order valence-corrected chi connectivity index (χ3v) is 4.14. The summed E-state index contributed by atoms with van der Waals surface area (Å²) in [6, 6.07) is 10.9. The van der Waals surface area contributed by atoms with Crippen molar-refractivity contribution in [1.82, 2.24) is 4.98 Å². The van der Waals surface area contributed by atoms with E-state index in [1.807, 2.05) is 38.1 Å². The topological polar surface area (TPSA) is 93.6 Å². The van der Waals surface area contributed by atoms with E-state index in [0.717, 1.165) is 16.1 Å². The van der Waals surface area contributed by atoms with Crippen LogP contribution < -0.4 is 5.43 Å². The third-order valence-electron chi connectivity index (χ3n) is 3.27. The lowest BCUT2D eigenvalue weighted by atomic mass is 10.1. The van der Waals surface area contributed by atoms with E-state index in [1.54, 1.807) is 0 Å². The highest BCUT2D eigenvalue weighted by molar-refractivity contribution is 7.15. The molecule has 24 heavy (non-hydrogen) atoms. The number of rotatable bonds is 5. The molecule has 0 radical (unpaired) electrons. The molecule has 0 spiro atoms. The lowest BCUT2D eigenvalue weighted by Crippen LogP contribution is -1.89. The Kier molecular flexibility index (Phi) is 4.39. The van der Waals surface area contributed by atoms with Gasteiger partial charge in [0.25, 0.3) is 0 Å². The summed E-state index contributed by atoms with van der Waals surface area (Å²) in [7, 11) is 0. The molecule has 0 amide bonds. The highest BCUT2D eigenvalue weighted by Gasteiger charge is 2.11. The van der Waals surface area contributed by atoms with Crippen molar-refractivity contribution in [3.63, 3.8) is 0 Å². The molecule has 7 nitrogen and oxygen atoms in total. The molecule has 0 aliphatic rings. The molecular formula is C16H14N4O3S. The zero-order chi connectivity index (χ0) is 17.1. The molecule has 0 saturated carbocycles. The van der Waals surface area contributed by atoms with E-state index in [9.17, 15) is 10.1 Å². The van der Waals surface area contributed by atoms with Crippen molar-refractivity contribution < 1.29 is 9.34 Å². The van der Waals surface area contributed by atoms with Crippen LogP contribution in [0.1, 0.15) is 16.2 Å². The average Bonchev–Trinajstić information content (AvgIpc) is 3.15. The number of anilines is 1. The Morgan fingerprint density at radius 3 is 2.67 bits per heavy atom. The minimum Gasteiger partial charge on any atom is -0.400 e. The number of hydrazone groups is 1. The highest BCUT2D eigenvalue weighted by Crippen LogP contribution is 2.30. The van der Waals surface area contributed by atoms with Crippen molar-refractivity contribution >= 4 is 28.6 Å². The molecule has 0 aliphatic heterocycles. The number of furan rings is 1. The smallest absolute Gasteiger partial charge is 0.400 e. The van der Waals surface area contributed by atoms with Gasteiger partial charge >= 0.3 is 5.88 Å². The van der Waals surface area contributed by atoms with Crippen LogP contribution in [0.25, 0.3) is 11.3 Å². The second-order valence-corrected chi connectivity index (χ2v) is 6.30. The molecule has 3 aromatic rings. The predicted octanol–water partition coefficient (Wildman–Crippen LogP) is 4.37. The number of thiazole rings is 1. The van der Waals surface area contributed by atoms with Crippen LogP contribution in [-0.2, 0) is 0 Å². The second-order valence-electron chi connectivity index (χ2n) is 5.09. The summed E-state index contributed by atoms with van der Waals surface area (Å²) in [4.78, 5) is 15.6. The molecule has 0 bridgehead atoms. The Bertz CT molecular complexity index is 896. The van der Waals surface area contributed by atoms with Crippen molar-refractivity contribution in [2.75, 3.05) is 5.43 Å². The Morgan fingerprint density at radius 2 is 2.00 bits per heavy atom. The van der Waals surface area contributed by atoms with E-state index in [-0.39, 0.29) is 5.88 Å². The van der Waals surface area contributed by atoms with Crippen LogP contribution in [0.4, 0.5) is 11.0 Å². The number of nitrogens with one attached hydrogen (secondary N) is 1. The van der Waals surface area contributed by atoms with Gasteiger partial charge in [0.1, 0.15) is 4.92 Å². The molecule has 0 unspecified atom stereocenters. The first-order valence-electron chi connectivity index (χ1n) is 7.10. The van der Waals surface area contributed by atoms with E-state index < -0.39 is 4.92 Å². The van der Waals surface area contributed by atoms with Gasteiger partial charge in [-0.25, -0.2) is 4.98 Å². The Hall–Kier alpha value is -3.00. The molecule has 2 heterocycles. The van der Waals surface area contributed by atoms with Crippen LogP contribution in [0, 0.1) is 24.0 Å². The Morgan fingerprint density at radius 1 is 1.25 bits per heavy atom. The Labute approximate surface area is 141 Å². The predicted molar refractivity (Wildman–Crippen MR) is 93.6 cm³/mol. The fourth-order valence-corrected chi connectivity index (χ4v) is 2.87. The van der Waals surface area contributed by atoms with Crippen LogP contribution in [0.15, 0.2) is 45.9 Å². The van der Waals surface area contributed by atoms with Gasteiger partial charge in [-0.3, -0.25) is 15.5 Å². The van der Waals surface area contributed by atoms with Crippen molar-refractivity contribution in [3.8, 4) is 11.3 Å². The van der Waals surface area contributed by atoms with Gasteiger partial charge in [0.05, 0.1) is 18.0 Å². The fourth-order valence-electron chi connectivity index (χ4n) is 2.08. The van der Waals surface area contributed by atoms with Crippen molar-refractivity contribution in [3.05, 3.63) is 62.7 Å². The second kappa shape index (κ2) is 6.63. The normalized spacial score (nSPS) is 11.1. The summed E-state index contributed by atoms with van der Waals surface area (Å²) in [6.45, 7) is 4.04. The summed E-state index contributed by atoms with van der Waals surface area (Å²) in [5.41, 5.74) is 5.98. The Balaban J connectivity index is 1.72. The van der Waals surface area contributed by atoms with Crippen LogP contribution in [0.5, 0.6) is 0 Å². The van der Waals surface area contributed by atoms with Crippen LogP contribution in [0.2, 0.25) is 0 Å². The lowest BCUT2D eigenvalue weighted by Gasteiger charge is -1.99. The summed E-state index contributed by atoms with van der Waals surface area (Å²) < 4.78 is 4.99. The van der Waals surface area contributed by atoms with E-state index in [4.69, 9.17) is 4.42 Å². The van der Waals surface area contributed by atoms with Gasteiger partial charge in [0, 0.05) is 10.4 Å². The van der Waals surface area contributed by atoms with Crippen LogP contribution in [0.3, 0.4) is 0 Å². The number of nitro groups is 1. The first-order valence-corrected chi connectivity index (χ1v) is 7.92. The van der Waals surface area contributed by atoms with Crippen molar-refractivity contribution in [2.24, 2.45) is 5.10 Å². The number of hydrogen-bond donors (Lipinski definition) is 1. The first-order chi connectivity index (χ1) is 11.5. The molecule has 122 valence electrons. The lowest BCUT2D eigenvalue weighted by molar-refractivity contribution is -0.402. The zero-order valence-electron chi connectivity index (χ0n) is 13.0. The molecular weight excluding hydrogens is 328 g/mol. The molecule has 1 N–H and O–H groups in total. The summed E-state index contributed by atoms with van der Waals surface area (Å²) in [5.74, 6) is -0.0237. The third kappa shape index (κ3) is 3.49. The number of aromatic nitrogens is 1. The molecule has 0 saturated heterocycles. The maximum absolute atomic E-state index is 10.5. The first kappa shape index (κ1) is 15.9.